The summed E-state index contributed by atoms with van der Waals surface area (Å²) >= 11 is 0. The predicted octanol–water partition coefficient (Wildman–Crippen LogP) is 3.96. The van der Waals surface area contributed by atoms with Gasteiger partial charge in [0.2, 0.25) is 0 Å². The molecule has 1 saturated heterocycles. The number of nitrogen functional groups attached to an aromatic ring is 1. The zero-order valence-electron chi connectivity index (χ0n) is 18.9. The number of aryl methyl sites for hydroxylation is 1. The summed E-state index contributed by atoms with van der Waals surface area (Å²) in [5.74, 6) is 0. The lowest BCUT2D eigenvalue weighted by Crippen LogP contribution is -2.41. The Kier molecular flexibility index (Phi) is 5.10. The SMILES string of the molecule is Cc1ccc(-n2c(=O)ccc3cnc4ccc(N5CCC(N(C)C)CC5)cc4c32)cc1N. The Morgan fingerprint density at radius 1 is 1.00 bits per heavy atom. The van der Waals surface area contributed by atoms with Crippen molar-refractivity contribution in [1.82, 2.24) is 14.5 Å². The lowest BCUT2D eigenvalue weighted by atomic mass is 10.0. The van der Waals surface area contributed by atoms with E-state index in [4.69, 9.17) is 5.73 Å². The van der Waals surface area contributed by atoms with Crippen LogP contribution in [0.3, 0.4) is 0 Å². The Bertz CT molecular complexity index is 1370. The van der Waals surface area contributed by atoms with Gasteiger partial charge in [0.25, 0.3) is 5.56 Å². The van der Waals surface area contributed by atoms with Gasteiger partial charge in [-0.2, -0.15) is 0 Å². The molecule has 2 N–H and O–H groups in total. The number of aromatic nitrogens is 2. The molecule has 1 aliphatic rings. The zero-order chi connectivity index (χ0) is 22.4. The van der Waals surface area contributed by atoms with Crippen molar-refractivity contribution in [2.75, 3.05) is 37.8 Å². The van der Waals surface area contributed by atoms with E-state index in [0.29, 0.717) is 11.7 Å². The topological polar surface area (TPSA) is 67.4 Å². The van der Waals surface area contributed by atoms with Crippen LogP contribution in [0.5, 0.6) is 0 Å². The van der Waals surface area contributed by atoms with E-state index in [2.05, 4.69) is 47.1 Å². The molecule has 1 aliphatic heterocycles. The predicted molar refractivity (Wildman–Crippen MR) is 133 cm³/mol. The van der Waals surface area contributed by atoms with Crippen LogP contribution in [0.15, 0.2) is 59.5 Å². The normalized spacial score (nSPS) is 15.2. The van der Waals surface area contributed by atoms with Crippen LogP contribution in [0.25, 0.3) is 27.5 Å². The second-order valence-electron chi connectivity index (χ2n) is 8.99. The standard InChI is InChI=1S/C26H29N5O/c1-17-4-6-21(15-23(17)27)31-25(32)9-5-18-16-28-24-8-7-20(14-22(24)26(18)31)30-12-10-19(11-13-30)29(2)3/h4-9,14-16,19H,10-13,27H2,1-3H3. The van der Waals surface area contributed by atoms with Crippen molar-refractivity contribution in [1.29, 1.82) is 0 Å². The van der Waals surface area contributed by atoms with Crippen molar-refractivity contribution in [3.8, 4) is 5.69 Å². The summed E-state index contributed by atoms with van der Waals surface area (Å²) in [6, 6.07) is 16.3. The molecule has 0 atom stereocenters. The van der Waals surface area contributed by atoms with Gasteiger partial charge in [-0.25, -0.2) is 0 Å². The number of anilines is 2. The van der Waals surface area contributed by atoms with Crippen LogP contribution in [0.4, 0.5) is 11.4 Å². The van der Waals surface area contributed by atoms with Crippen molar-refractivity contribution < 1.29 is 0 Å². The number of piperidine rings is 1. The van der Waals surface area contributed by atoms with Gasteiger partial charge < -0.3 is 15.5 Å². The van der Waals surface area contributed by atoms with Crippen LogP contribution in [-0.4, -0.2) is 47.7 Å². The molecule has 2 aromatic carbocycles. The van der Waals surface area contributed by atoms with E-state index >= 15 is 0 Å². The third-order valence-corrected chi connectivity index (χ3v) is 6.78. The smallest absolute Gasteiger partial charge is 0.255 e. The maximum atomic E-state index is 13.0. The van der Waals surface area contributed by atoms with Crippen LogP contribution < -0.4 is 16.2 Å². The molecular formula is C26H29N5O. The molecule has 0 bridgehead atoms. The molecule has 0 amide bonds. The molecule has 164 valence electrons. The molecule has 0 unspecified atom stereocenters. The first-order valence-corrected chi connectivity index (χ1v) is 11.1. The van der Waals surface area contributed by atoms with E-state index in [0.717, 1.165) is 59.0 Å². The van der Waals surface area contributed by atoms with E-state index in [1.165, 1.54) is 5.69 Å². The number of nitrogens with two attached hydrogens (primary N) is 1. The Labute approximate surface area is 187 Å². The molecule has 1 fully saturated rings. The van der Waals surface area contributed by atoms with E-state index in [-0.39, 0.29) is 5.56 Å². The molecule has 32 heavy (non-hydrogen) atoms. The summed E-state index contributed by atoms with van der Waals surface area (Å²) in [7, 11) is 4.32. The van der Waals surface area contributed by atoms with Gasteiger partial charge in [0.15, 0.2) is 0 Å². The molecule has 6 heteroatoms. The summed E-state index contributed by atoms with van der Waals surface area (Å²) in [4.78, 5) is 22.5. The lowest BCUT2D eigenvalue weighted by Gasteiger charge is -2.36. The van der Waals surface area contributed by atoms with Gasteiger partial charge >= 0.3 is 0 Å². The molecule has 5 rings (SSSR count). The summed E-state index contributed by atoms with van der Waals surface area (Å²) in [5, 5.41) is 1.91. The van der Waals surface area contributed by atoms with Gasteiger partial charge in [-0.05, 0) is 75.8 Å². The molecule has 0 spiro atoms. The van der Waals surface area contributed by atoms with E-state index in [9.17, 15) is 4.79 Å². The van der Waals surface area contributed by atoms with Gasteiger partial charge in [-0.15, -0.1) is 0 Å². The van der Waals surface area contributed by atoms with Crippen LogP contribution >= 0.6 is 0 Å². The first kappa shape index (κ1) is 20.5. The minimum atomic E-state index is -0.0783. The van der Waals surface area contributed by atoms with Gasteiger partial charge in [0.05, 0.1) is 16.7 Å². The summed E-state index contributed by atoms with van der Waals surface area (Å²) in [5.41, 5.74) is 11.5. The number of pyridine rings is 2. The highest BCUT2D eigenvalue weighted by Crippen LogP contribution is 2.30. The first-order chi connectivity index (χ1) is 15.4. The van der Waals surface area contributed by atoms with Crippen molar-refractivity contribution in [2.24, 2.45) is 0 Å². The summed E-state index contributed by atoms with van der Waals surface area (Å²) in [6.45, 7) is 4.01. The maximum Gasteiger partial charge on any atom is 0.255 e. The van der Waals surface area contributed by atoms with E-state index in [1.54, 1.807) is 10.6 Å². The Balaban J connectivity index is 1.68. The number of fused-ring (bicyclic) bond motifs is 3. The fourth-order valence-electron chi connectivity index (χ4n) is 4.76. The average molecular weight is 428 g/mol. The van der Waals surface area contributed by atoms with Crippen molar-refractivity contribution >= 4 is 33.2 Å². The Morgan fingerprint density at radius 2 is 1.75 bits per heavy atom. The third kappa shape index (κ3) is 3.50. The fraction of sp³-hybridized carbons (Fsp3) is 0.308. The monoisotopic (exact) mass is 427 g/mol. The number of hydrogen-bond donors (Lipinski definition) is 1. The van der Waals surface area contributed by atoms with E-state index < -0.39 is 0 Å². The Hall–Kier alpha value is -3.38. The van der Waals surface area contributed by atoms with Crippen LogP contribution in [0.1, 0.15) is 18.4 Å². The zero-order valence-corrected chi connectivity index (χ0v) is 18.9. The number of benzene rings is 2. The first-order valence-electron chi connectivity index (χ1n) is 11.1. The summed E-state index contributed by atoms with van der Waals surface area (Å²) < 4.78 is 1.76. The van der Waals surface area contributed by atoms with Crippen molar-refractivity contribution in [2.45, 2.75) is 25.8 Å². The fourth-order valence-corrected chi connectivity index (χ4v) is 4.76. The van der Waals surface area contributed by atoms with E-state index in [1.807, 2.05) is 37.4 Å². The highest BCUT2D eigenvalue weighted by atomic mass is 16.1. The molecule has 0 radical (unpaired) electrons. The summed E-state index contributed by atoms with van der Waals surface area (Å²) in [6.07, 6.45) is 4.13. The molecule has 0 saturated carbocycles. The average Bonchev–Trinajstić information content (AvgIpc) is 2.80. The maximum absolute atomic E-state index is 13.0. The van der Waals surface area contributed by atoms with Crippen molar-refractivity contribution in [3.63, 3.8) is 0 Å². The second-order valence-corrected chi connectivity index (χ2v) is 8.99. The Morgan fingerprint density at radius 3 is 2.47 bits per heavy atom. The van der Waals surface area contributed by atoms with Crippen LogP contribution in [0.2, 0.25) is 0 Å². The number of rotatable bonds is 3. The molecule has 0 aliphatic carbocycles. The second kappa shape index (κ2) is 7.95. The molecule has 2 aromatic heterocycles. The molecule has 4 aromatic rings. The quantitative estimate of drug-likeness (QED) is 0.396. The largest absolute Gasteiger partial charge is 0.398 e. The number of nitrogens with zero attached hydrogens (tertiary/aromatic N) is 4. The third-order valence-electron chi connectivity index (χ3n) is 6.78. The highest BCUT2D eigenvalue weighted by molar-refractivity contribution is 6.05. The lowest BCUT2D eigenvalue weighted by molar-refractivity contribution is 0.249. The van der Waals surface area contributed by atoms with Gasteiger partial charge in [-0.3, -0.25) is 14.3 Å². The van der Waals surface area contributed by atoms with Gasteiger partial charge in [0, 0.05) is 53.5 Å². The molecule has 3 heterocycles. The highest BCUT2D eigenvalue weighted by Gasteiger charge is 2.21. The minimum absolute atomic E-state index is 0.0783. The minimum Gasteiger partial charge on any atom is -0.398 e. The van der Waals surface area contributed by atoms with Crippen LogP contribution in [0, 0.1) is 6.92 Å². The number of hydrogen-bond acceptors (Lipinski definition) is 5. The molecular weight excluding hydrogens is 398 g/mol. The van der Waals surface area contributed by atoms with Gasteiger partial charge in [-0.1, -0.05) is 6.07 Å². The van der Waals surface area contributed by atoms with Gasteiger partial charge in [0.1, 0.15) is 0 Å². The molecule has 6 nitrogen and oxygen atoms in total. The van der Waals surface area contributed by atoms with Crippen LogP contribution in [-0.2, 0) is 0 Å². The van der Waals surface area contributed by atoms with Crippen molar-refractivity contribution in [3.05, 3.63) is 70.6 Å².